The van der Waals surface area contributed by atoms with Crippen LogP contribution in [-0.2, 0) is 0 Å². The van der Waals surface area contributed by atoms with Crippen molar-refractivity contribution >= 4 is 0 Å². The second kappa shape index (κ2) is 5.27. The minimum Gasteiger partial charge on any atom is -0.304 e. The minimum absolute atomic E-state index is 0.202. The molecule has 0 saturated carbocycles. The van der Waals surface area contributed by atoms with Gasteiger partial charge in [-0.05, 0) is 75.5 Å². The summed E-state index contributed by atoms with van der Waals surface area (Å²) in [6.45, 7) is 16.3. The summed E-state index contributed by atoms with van der Waals surface area (Å²) in [6.07, 6.45) is 2.34. The van der Waals surface area contributed by atoms with Crippen LogP contribution in [-0.4, -0.2) is 47.6 Å². The molecular weight excluding hydrogens is 208 g/mol. The molecule has 0 aromatic heterocycles. The highest BCUT2D eigenvalue weighted by molar-refractivity contribution is 4.95. The zero-order valence-electron chi connectivity index (χ0n) is 13.8. The molecule has 0 fully saturated rings. The lowest BCUT2D eigenvalue weighted by molar-refractivity contribution is 0.00404. The van der Waals surface area contributed by atoms with Crippen LogP contribution >= 0.6 is 0 Å². The van der Waals surface area contributed by atoms with Crippen LogP contribution in [0.25, 0.3) is 0 Å². The highest BCUT2D eigenvalue weighted by atomic mass is 15.2. The molecule has 0 aliphatic carbocycles. The molecule has 0 aliphatic rings. The van der Waals surface area contributed by atoms with Gasteiger partial charge in [0.15, 0.2) is 0 Å². The first kappa shape index (κ1) is 16.9. The first-order chi connectivity index (χ1) is 7.37. The number of hydrogen-bond acceptors (Lipinski definition) is 2. The molecule has 0 rings (SSSR count). The van der Waals surface area contributed by atoms with Crippen LogP contribution in [0.2, 0.25) is 0 Å². The van der Waals surface area contributed by atoms with Crippen molar-refractivity contribution in [1.82, 2.24) is 9.80 Å². The molecule has 104 valence electrons. The lowest BCUT2D eigenvalue weighted by Gasteiger charge is -2.50. The fourth-order valence-corrected chi connectivity index (χ4v) is 2.39. The maximum Gasteiger partial charge on any atom is 0.0172 e. The topological polar surface area (TPSA) is 6.48 Å². The van der Waals surface area contributed by atoms with Gasteiger partial charge in [0.05, 0.1) is 0 Å². The van der Waals surface area contributed by atoms with Gasteiger partial charge in [0.1, 0.15) is 0 Å². The van der Waals surface area contributed by atoms with E-state index in [1.807, 2.05) is 0 Å². The third-order valence-electron chi connectivity index (χ3n) is 4.76. The average Bonchev–Trinajstić information content (AvgIpc) is 2.14. The summed E-state index contributed by atoms with van der Waals surface area (Å²) in [5, 5.41) is 0. The van der Waals surface area contributed by atoms with Gasteiger partial charge in [-0.2, -0.15) is 0 Å². The van der Waals surface area contributed by atoms with Crippen LogP contribution in [0.4, 0.5) is 0 Å². The van der Waals surface area contributed by atoms with Crippen LogP contribution in [0.1, 0.15) is 61.3 Å². The van der Waals surface area contributed by atoms with Gasteiger partial charge in [0.2, 0.25) is 0 Å². The molecule has 2 nitrogen and oxygen atoms in total. The number of hydrogen-bond donors (Lipinski definition) is 0. The van der Waals surface area contributed by atoms with Crippen molar-refractivity contribution < 1.29 is 0 Å². The SMILES string of the molecule is CCC(C)(C)N(C)C(C)(C)CC(C)(C)N(C)C. The Hall–Kier alpha value is -0.0800. The Morgan fingerprint density at radius 3 is 1.41 bits per heavy atom. The third kappa shape index (κ3) is 4.26. The van der Waals surface area contributed by atoms with Gasteiger partial charge in [0.25, 0.3) is 0 Å². The summed E-state index contributed by atoms with van der Waals surface area (Å²) in [5.74, 6) is 0. The second-order valence-electron chi connectivity index (χ2n) is 7.42. The van der Waals surface area contributed by atoms with Crippen molar-refractivity contribution in [2.24, 2.45) is 0 Å². The molecule has 0 heterocycles. The van der Waals surface area contributed by atoms with Gasteiger partial charge >= 0.3 is 0 Å². The molecule has 0 unspecified atom stereocenters. The monoisotopic (exact) mass is 242 g/mol. The van der Waals surface area contributed by atoms with Gasteiger partial charge in [-0.1, -0.05) is 6.92 Å². The average molecular weight is 242 g/mol. The van der Waals surface area contributed by atoms with Crippen LogP contribution in [0.5, 0.6) is 0 Å². The fourth-order valence-electron chi connectivity index (χ4n) is 2.39. The summed E-state index contributed by atoms with van der Waals surface area (Å²) in [5.41, 5.74) is 0.681. The van der Waals surface area contributed by atoms with Crippen LogP contribution in [0.15, 0.2) is 0 Å². The van der Waals surface area contributed by atoms with Crippen molar-refractivity contribution in [3.8, 4) is 0 Å². The quantitative estimate of drug-likeness (QED) is 0.702. The molecule has 0 aromatic rings. The van der Waals surface area contributed by atoms with Crippen LogP contribution in [0.3, 0.4) is 0 Å². The predicted octanol–water partition coefficient (Wildman–Crippen LogP) is 3.62. The van der Waals surface area contributed by atoms with E-state index in [2.05, 4.69) is 79.4 Å². The summed E-state index contributed by atoms with van der Waals surface area (Å²) >= 11 is 0. The molecular formula is C15H34N2. The van der Waals surface area contributed by atoms with Crippen LogP contribution < -0.4 is 0 Å². The van der Waals surface area contributed by atoms with E-state index in [-0.39, 0.29) is 16.6 Å². The highest BCUT2D eigenvalue weighted by Crippen LogP contribution is 2.33. The molecule has 17 heavy (non-hydrogen) atoms. The normalized spacial score (nSPS) is 14.8. The highest BCUT2D eigenvalue weighted by Gasteiger charge is 2.38. The minimum atomic E-state index is 0.202. The molecule has 0 aliphatic heterocycles. The molecule has 0 spiro atoms. The van der Waals surface area contributed by atoms with Gasteiger partial charge < -0.3 is 4.90 Å². The third-order valence-corrected chi connectivity index (χ3v) is 4.76. The van der Waals surface area contributed by atoms with Gasteiger partial charge in [-0.15, -0.1) is 0 Å². The first-order valence-electron chi connectivity index (χ1n) is 6.78. The van der Waals surface area contributed by atoms with Crippen molar-refractivity contribution in [2.45, 2.75) is 77.9 Å². The lowest BCUT2D eigenvalue weighted by Crippen LogP contribution is -2.57. The summed E-state index contributed by atoms with van der Waals surface area (Å²) in [4.78, 5) is 4.85. The van der Waals surface area contributed by atoms with E-state index in [9.17, 15) is 0 Å². The van der Waals surface area contributed by atoms with Crippen molar-refractivity contribution in [3.05, 3.63) is 0 Å². The van der Waals surface area contributed by atoms with Crippen molar-refractivity contribution in [1.29, 1.82) is 0 Å². The first-order valence-corrected chi connectivity index (χ1v) is 6.78. The summed E-state index contributed by atoms with van der Waals surface area (Å²) in [6, 6.07) is 0. The molecule has 0 aromatic carbocycles. The molecule has 0 amide bonds. The van der Waals surface area contributed by atoms with E-state index in [1.165, 1.54) is 6.42 Å². The second-order valence-corrected chi connectivity index (χ2v) is 7.42. The van der Waals surface area contributed by atoms with E-state index >= 15 is 0 Å². The van der Waals surface area contributed by atoms with E-state index in [1.54, 1.807) is 0 Å². The van der Waals surface area contributed by atoms with Crippen molar-refractivity contribution in [2.75, 3.05) is 21.1 Å². The Morgan fingerprint density at radius 1 is 0.706 bits per heavy atom. The lowest BCUT2D eigenvalue weighted by atomic mass is 9.82. The summed E-state index contributed by atoms with van der Waals surface area (Å²) < 4.78 is 0. The van der Waals surface area contributed by atoms with E-state index < -0.39 is 0 Å². The fraction of sp³-hybridized carbons (Fsp3) is 1.00. The standard InChI is InChI=1S/C15H34N2/c1-11-13(2,3)17(10)15(6,7)12-14(4,5)16(8)9/h11-12H2,1-10H3. The van der Waals surface area contributed by atoms with E-state index in [0.717, 1.165) is 6.42 Å². The zero-order chi connectivity index (χ0) is 14.1. The van der Waals surface area contributed by atoms with E-state index in [4.69, 9.17) is 0 Å². The maximum absolute atomic E-state index is 2.53. The molecule has 0 saturated heterocycles. The smallest absolute Gasteiger partial charge is 0.0172 e. The Labute approximate surface area is 109 Å². The molecule has 0 atom stereocenters. The Morgan fingerprint density at radius 2 is 1.12 bits per heavy atom. The largest absolute Gasteiger partial charge is 0.304 e. The molecule has 2 heteroatoms. The molecule has 0 N–H and O–H groups in total. The number of rotatable bonds is 6. The molecule has 0 bridgehead atoms. The zero-order valence-corrected chi connectivity index (χ0v) is 13.8. The van der Waals surface area contributed by atoms with Gasteiger partial charge in [0, 0.05) is 16.6 Å². The Kier molecular flexibility index (Phi) is 5.25. The predicted molar refractivity (Wildman–Crippen MR) is 78.6 cm³/mol. The Balaban J connectivity index is 4.91. The van der Waals surface area contributed by atoms with Gasteiger partial charge in [-0.25, -0.2) is 0 Å². The van der Waals surface area contributed by atoms with Crippen molar-refractivity contribution in [3.63, 3.8) is 0 Å². The molecule has 0 radical (unpaired) electrons. The van der Waals surface area contributed by atoms with Crippen LogP contribution in [0, 0.1) is 0 Å². The van der Waals surface area contributed by atoms with Gasteiger partial charge in [-0.3, -0.25) is 4.90 Å². The van der Waals surface area contributed by atoms with E-state index in [0.29, 0.717) is 0 Å². The Bertz CT molecular complexity index is 239. The number of nitrogens with zero attached hydrogens (tertiary/aromatic N) is 2. The maximum atomic E-state index is 2.53. The summed E-state index contributed by atoms with van der Waals surface area (Å²) in [7, 11) is 6.59.